The van der Waals surface area contributed by atoms with Gasteiger partial charge in [-0.05, 0) is 39.2 Å². The highest BCUT2D eigenvalue weighted by atomic mass is 19.1. The number of hydrogen-bond acceptors (Lipinski definition) is 6. The van der Waals surface area contributed by atoms with Gasteiger partial charge in [-0.2, -0.15) is 0 Å². The van der Waals surface area contributed by atoms with Crippen LogP contribution >= 0.6 is 0 Å². The second-order valence-corrected chi connectivity index (χ2v) is 10.9. The van der Waals surface area contributed by atoms with Crippen LogP contribution in [0.4, 0.5) is 8.78 Å². The lowest BCUT2D eigenvalue weighted by Crippen LogP contribution is -2.54. The van der Waals surface area contributed by atoms with Crippen molar-refractivity contribution < 1.29 is 27.9 Å². The monoisotopic (exact) mass is 556 g/mol. The Hall–Kier alpha value is -3.76. The van der Waals surface area contributed by atoms with Gasteiger partial charge in [0.05, 0.1) is 18.4 Å². The minimum absolute atomic E-state index is 0.0653. The van der Waals surface area contributed by atoms with E-state index in [-0.39, 0.29) is 53.6 Å². The third-order valence-electron chi connectivity index (χ3n) is 8.57. The van der Waals surface area contributed by atoms with Gasteiger partial charge in [0.2, 0.25) is 5.43 Å². The molecule has 4 heterocycles. The fraction of sp³-hybridized carbons (Fsp3) is 0.517. The summed E-state index contributed by atoms with van der Waals surface area (Å²) in [6, 6.07) is 2.50. The molecule has 0 radical (unpaired) electrons. The van der Waals surface area contributed by atoms with Crippen LogP contribution in [0.3, 0.4) is 0 Å². The minimum atomic E-state index is -0.811. The molecule has 1 fully saturated rings. The van der Waals surface area contributed by atoms with E-state index in [1.165, 1.54) is 12.3 Å². The molecule has 1 unspecified atom stereocenters. The molecule has 9 nitrogen and oxygen atoms in total. The Kier molecular flexibility index (Phi) is 7.41. The second-order valence-electron chi connectivity index (χ2n) is 10.9. The van der Waals surface area contributed by atoms with Gasteiger partial charge in [-0.15, -0.1) is 0 Å². The zero-order chi connectivity index (χ0) is 28.8. The van der Waals surface area contributed by atoms with Gasteiger partial charge in [0, 0.05) is 42.9 Å². The fourth-order valence-electron chi connectivity index (χ4n) is 5.91. The number of pyridine rings is 1. The maximum atomic E-state index is 14.2. The number of carbonyl (C=O) groups is 2. The summed E-state index contributed by atoms with van der Waals surface area (Å²) in [7, 11) is 0. The molecule has 4 atom stereocenters. The van der Waals surface area contributed by atoms with Gasteiger partial charge in [0.25, 0.3) is 11.8 Å². The standard InChI is InChI=1S/C29H34F2N4O5/c1-5-6-11-39-26-24-28(38)34-15-23(29(10-9-16(34)2)17(3)18(4)33-40-29)35(24)14-21(25(26)36)27(37)32-13-19-7-8-20(30)12-22(19)31/h7-8,12,14,16-17,23H,5-6,9-11,13,15H2,1-4H3,(H,32,37)/t16-,17?,23+,29+/m0/s1. The summed E-state index contributed by atoms with van der Waals surface area (Å²) < 4.78 is 35.1. The number of benzene rings is 1. The third-order valence-corrected chi connectivity index (χ3v) is 8.57. The number of rotatable bonds is 7. The topological polar surface area (TPSA) is 102 Å². The maximum absolute atomic E-state index is 14.2. The van der Waals surface area contributed by atoms with Crippen molar-refractivity contribution in [3.8, 4) is 5.75 Å². The van der Waals surface area contributed by atoms with E-state index in [1.807, 2.05) is 27.7 Å². The van der Waals surface area contributed by atoms with Crippen LogP contribution < -0.4 is 15.5 Å². The first-order chi connectivity index (χ1) is 19.1. The zero-order valence-corrected chi connectivity index (χ0v) is 23.1. The summed E-state index contributed by atoms with van der Waals surface area (Å²) >= 11 is 0. The number of hydrogen-bond donors (Lipinski definition) is 1. The molecule has 11 heteroatoms. The Labute approximate surface area is 231 Å². The maximum Gasteiger partial charge on any atom is 0.274 e. The summed E-state index contributed by atoms with van der Waals surface area (Å²) in [5.41, 5.74) is -0.762. The van der Waals surface area contributed by atoms with Crippen LogP contribution in [0.15, 0.2) is 34.3 Å². The van der Waals surface area contributed by atoms with E-state index in [4.69, 9.17) is 9.57 Å². The first-order valence-electron chi connectivity index (χ1n) is 13.8. The number of oxime groups is 1. The van der Waals surface area contributed by atoms with Gasteiger partial charge in [-0.1, -0.05) is 31.5 Å². The molecule has 2 bridgehead atoms. The molecule has 1 aromatic heterocycles. The van der Waals surface area contributed by atoms with E-state index in [2.05, 4.69) is 10.5 Å². The molecule has 1 aromatic carbocycles. The average Bonchev–Trinajstić information content (AvgIpc) is 3.13. The third kappa shape index (κ3) is 4.54. The van der Waals surface area contributed by atoms with Crippen molar-refractivity contribution in [2.75, 3.05) is 13.2 Å². The lowest BCUT2D eigenvalue weighted by Gasteiger charge is -2.43. The lowest BCUT2D eigenvalue weighted by molar-refractivity contribution is -0.0865. The van der Waals surface area contributed by atoms with E-state index in [0.717, 1.165) is 24.3 Å². The van der Waals surface area contributed by atoms with Gasteiger partial charge >= 0.3 is 0 Å². The molecule has 3 aliphatic heterocycles. The van der Waals surface area contributed by atoms with Crippen molar-refractivity contribution in [2.24, 2.45) is 11.1 Å². The van der Waals surface area contributed by atoms with Crippen molar-refractivity contribution in [1.29, 1.82) is 0 Å². The molecule has 40 heavy (non-hydrogen) atoms. The number of fused-ring (bicyclic) bond motifs is 5. The van der Waals surface area contributed by atoms with Crippen molar-refractivity contribution in [3.05, 3.63) is 63.1 Å². The van der Waals surface area contributed by atoms with Crippen LogP contribution in [0.2, 0.25) is 0 Å². The van der Waals surface area contributed by atoms with Crippen molar-refractivity contribution in [1.82, 2.24) is 14.8 Å². The molecular formula is C29H34F2N4O5. The van der Waals surface area contributed by atoms with Crippen LogP contribution in [-0.2, 0) is 11.4 Å². The summed E-state index contributed by atoms with van der Waals surface area (Å²) in [5, 5.41) is 6.86. The summed E-state index contributed by atoms with van der Waals surface area (Å²) in [6.07, 6.45) is 4.14. The molecule has 5 rings (SSSR count). The first kappa shape index (κ1) is 27.8. The number of ether oxygens (including phenoxy) is 1. The molecule has 1 N–H and O–H groups in total. The Balaban J connectivity index is 1.61. The number of unbranched alkanes of at least 4 members (excludes halogenated alkanes) is 1. The SMILES string of the molecule is CCCCOc1c2n(cc(C(=O)NCc3ccc(F)cc3F)c1=O)[C@@H]1CN(C2=O)[C@@H](C)CC[C@]12ON=C(C)C2C. The van der Waals surface area contributed by atoms with E-state index < -0.39 is 34.6 Å². The molecule has 0 aliphatic carbocycles. The number of carbonyl (C=O) groups excluding carboxylic acids is 2. The largest absolute Gasteiger partial charge is 0.487 e. The second kappa shape index (κ2) is 10.7. The highest BCUT2D eigenvalue weighted by Gasteiger charge is 2.57. The van der Waals surface area contributed by atoms with Gasteiger partial charge < -0.3 is 24.4 Å². The smallest absolute Gasteiger partial charge is 0.274 e. The van der Waals surface area contributed by atoms with Gasteiger partial charge in [-0.3, -0.25) is 14.4 Å². The Morgan fingerprint density at radius 2 is 2.05 bits per heavy atom. The van der Waals surface area contributed by atoms with Crippen LogP contribution in [0.25, 0.3) is 0 Å². The van der Waals surface area contributed by atoms with Gasteiger partial charge in [-0.25, -0.2) is 8.78 Å². The van der Waals surface area contributed by atoms with Crippen LogP contribution in [0.5, 0.6) is 5.75 Å². The quantitative estimate of drug-likeness (QED) is 0.516. The van der Waals surface area contributed by atoms with Gasteiger partial charge in [0.1, 0.15) is 17.2 Å². The van der Waals surface area contributed by atoms with Gasteiger partial charge in [0.15, 0.2) is 17.0 Å². The van der Waals surface area contributed by atoms with Crippen molar-refractivity contribution in [3.63, 3.8) is 0 Å². The van der Waals surface area contributed by atoms with E-state index in [1.54, 1.807) is 9.47 Å². The predicted octanol–water partition coefficient (Wildman–Crippen LogP) is 4.20. The van der Waals surface area contributed by atoms with Crippen LogP contribution in [0, 0.1) is 17.6 Å². The molecular weight excluding hydrogens is 522 g/mol. The number of nitrogens with one attached hydrogen (secondary N) is 1. The molecule has 1 saturated heterocycles. The van der Waals surface area contributed by atoms with E-state index >= 15 is 0 Å². The van der Waals surface area contributed by atoms with Crippen molar-refractivity contribution >= 4 is 17.5 Å². The normalized spacial score (nSPS) is 25.2. The predicted molar refractivity (Wildman–Crippen MR) is 143 cm³/mol. The zero-order valence-electron chi connectivity index (χ0n) is 23.1. The minimum Gasteiger partial charge on any atom is -0.487 e. The number of halogens is 2. The number of aromatic nitrogens is 1. The molecule has 1 spiro atoms. The summed E-state index contributed by atoms with van der Waals surface area (Å²) in [4.78, 5) is 48.8. The highest BCUT2D eigenvalue weighted by Crippen LogP contribution is 2.48. The highest BCUT2D eigenvalue weighted by molar-refractivity contribution is 5.99. The number of nitrogens with zero attached hydrogens (tertiary/aromatic N) is 3. The van der Waals surface area contributed by atoms with Crippen molar-refractivity contribution in [2.45, 2.75) is 77.6 Å². The Bertz CT molecular complexity index is 1440. The van der Waals surface area contributed by atoms with E-state index in [9.17, 15) is 23.2 Å². The number of amides is 2. The summed E-state index contributed by atoms with van der Waals surface area (Å²) in [6.45, 7) is 8.14. The Morgan fingerprint density at radius 1 is 1.27 bits per heavy atom. The summed E-state index contributed by atoms with van der Waals surface area (Å²) in [5.74, 6) is -2.90. The molecule has 2 amide bonds. The molecule has 0 saturated carbocycles. The van der Waals surface area contributed by atoms with Crippen LogP contribution in [0.1, 0.15) is 85.8 Å². The van der Waals surface area contributed by atoms with E-state index in [0.29, 0.717) is 25.8 Å². The average molecular weight is 557 g/mol. The fourth-order valence-corrected chi connectivity index (χ4v) is 5.91. The molecule has 3 aliphatic rings. The Morgan fingerprint density at radius 3 is 2.73 bits per heavy atom. The van der Waals surface area contributed by atoms with Crippen LogP contribution in [-0.4, -0.2) is 51.8 Å². The molecule has 2 aromatic rings. The lowest BCUT2D eigenvalue weighted by atomic mass is 9.76. The first-order valence-corrected chi connectivity index (χ1v) is 13.8. The molecule has 214 valence electrons.